The van der Waals surface area contributed by atoms with Gasteiger partial charge in [-0.2, -0.15) is 4.52 Å². The van der Waals surface area contributed by atoms with Crippen LogP contribution in [0.3, 0.4) is 0 Å². The Hall–Kier alpha value is -2.87. The van der Waals surface area contributed by atoms with E-state index >= 15 is 0 Å². The van der Waals surface area contributed by atoms with Crippen LogP contribution in [0.4, 0.5) is 0 Å². The van der Waals surface area contributed by atoms with Crippen LogP contribution in [0, 0.1) is 11.7 Å². The van der Waals surface area contributed by atoms with Gasteiger partial charge in [-0.1, -0.05) is 12.1 Å². The number of nitrogens with zero attached hydrogens (tertiary/aromatic N) is 4. The van der Waals surface area contributed by atoms with Gasteiger partial charge in [0.25, 0.3) is 0 Å². The summed E-state index contributed by atoms with van der Waals surface area (Å²) >= 11 is 4.92. The van der Waals surface area contributed by atoms with Gasteiger partial charge in [0.1, 0.15) is 5.69 Å². The minimum absolute atomic E-state index is 0.150. The molecule has 1 aromatic carbocycles. The molecule has 4 aromatic rings. The fraction of sp³-hybridized carbons (Fsp3) is 0.0714. The number of fused-ring (bicyclic) bond motifs is 2. The van der Waals surface area contributed by atoms with Crippen LogP contribution in [0.25, 0.3) is 28.1 Å². The van der Waals surface area contributed by atoms with Crippen molar-refractivity contribution < 1.29 is 0 Å². The van der Waals surface area contributed by atoms with Crippen LogP contribution in [-0.2, 0) is 0 Å². The molecular formula is C14H10N6OS. The van der Waals surface area contributed by atoms with Gasteiger partial charge in [-0.3, -0.25) is 10.1 Å². The van der Waals surface area contributed by atoms with Crippen LogP contribution in [0.2, 0.25) is 0 Å². The fourth-order valence-electron chi connectivity index (χ4n) is 2.38. The Balaban J connectivity index is 2.02. The first-order chi connectivity index (χ1) is 10.6. The molecule has 8 heteroatoms. The molecule has 3 aromatic heterocycles. The number of para-hydroxylation sites is 2. The summed E-state index contributed by atoms with van der Waals surface area (Å²) in [5.41, 5.74) is 3.80. The zero-order valence-electron chi connectivity index (χ0n) is 11.5. The number of nitrogens with one attached hydrogen (secondary N) is 2. The van der Waals surface area contributed by atoms with E-state index in [0.717, 1.165) is 16.7 Å². The van der Waals surface area contributed by atoms with Crippen molar-refractivity contribution in [1.82, 2.24) is 29.5 Å². The van der Waals surface area contributed by atoms with Gasteiger partial charge in [-0.25, -0.2) is 19.7 Å². The molecule has 0 unspecified atom stereocenters. The summed E-state index contributed by atoms with van der Waals surface area (Å²) in [7, 11) is 0. The monoisotopic (exact) mass is 310 g/mol. The van der Waals surface area contributed by atoms with Gasteiger partial charge in [0, 0.05) is 6.07 Å². The van der Waals surface area contributed by atoms with Crippen molar-refractivity contribution in [2.45, 2.75) is 6.92 Å². The van der Waals surface area contributed by atoms with Gasteiger partial charge in [0.05, 0.1) is 22.4 Å². The maximum absolute atomic E-state index is 11.9. The number of hydrogen-bond donors (Lipinski definition) is 2. The van der Waals surface area contributed by atoms with Gasteiger partial charge < -0.3 is 0 Å². The number of benzene rings is 1. The number of rotatable bonds is 1. The molecule has 0 radical (unpaired) electrons. The molecule has 7 nitrogen and oxygen atoms in total. The Morgan fingerprint density at radius 3 is 2.64 bits per heavy atom. The van der Waals surface area contributed by atoms with E-state index in [4.69, 9.17) is 12.2 Å². The molecule has 4 rings (SSSR count). The highest BCUT2D eigenvalue weighted by Gasteiger charge is 2.12. The fourth-order valence-corrected chi connectivity index (χ4v) is 2.57. The Morgan fingerprint density at radius 1 is 1.14 bits per heavy atom. The largest absolute Gasteiger partial charge is 0.348 e. The summed E-state index contributed by atoms with van der Waals surface area (Å²) in [6.45, 7) is 1.88. The van der Waals surface area contributed by atoms with Crippen LogP contribution in [0.1, 0.15) is 5.69 Å². The average Bonchev–Trinajstić information content (AvgIpc) is 2.90. The van der Waals surface area contributed by atoms with Gasteiger partial charge in [0.15, 0.2) is 5.65 Å². The third-order valence-electron chi connectivity index (χ3n) is 3.37. The van der Waals surface area contributed by atoms with E-state index in [0.29, 0.717) is 17.0 Å². The lowest BCUT2D eigenvalue weighted by atomic mass is 10.2. The van der Waals surface area contributed by atoms with Crippen LogP contribution in [0.5, 0.6) is 0 Å². The van der Waals surface area contributed by atoms with Crippen molar-refractivity contribution in [3.05, 3.63) is 51.3 Å². The minimum Gasteiger partial charge on any atom is -0.286 e. The molecular weight excluding hydrogens is 300 g/mol. The molecule has 0 spiro atoms. The Kier molecular flexibility index (Phi) is 2.67. The highest BCUT2D eigenvalue weighted by Crippen LogP contribution is 2.21. The second kappa shape index (κ2) is 4.57. The Morgan fingerprint density at radius 2 is 1.86 bits per heavy atom. The summed E-state index contributed by atoms with van der Waals surface area (Å²) in [4.78, 5) is 27.6. The van der Waals surface area contributed by atoms with Crippen LogP contribution in [-0.4, -0.2) is 29.5 Å². The molecule has 0 amide bonds. The lowest BCUT2D eigenvalue weighted by Gasteiger charge is -2.04. The third kappa shape index (κ3) is 1.92. The molecule has 0 saturated carbocycles. The summed E-state index contributed by atoms with van der Waals surface area (Å²) in [6, 6.07) is 9.37. The maximum Gasteiger partial charge on any atom is 0.348 e. The number of H-pyrrole nitrogens is 2. The first kappa shape index (κ1) is 12.8. The first-order valence-corrected chi connectivity index (χ1v) is 6.98. The first-order valence-electron chi connectivity index (χ1n) is 6.58. The highest BCUT2D eigenvalue weighted by atomic mass is 32.1. The van der Waals surface area contributed by atoms with Gasteiger partial charge >= 0.3 is 5.69 Å². The van der Waals surface area contributed by atoms with E-state index in [1.165, 1.54) is 4.52 Å². The van der Waals surface area contributed by atoms with Crippen molar-refractivity contribution in [3.63, 3.8) is 0 Å². The standard InChI is InChI=1S/C14H10N6OS/c1-7-12(16-9-5-3-2-4-8(9)15-7)10-6-11-17-13(22)18-14(21)20(11)19-10/h2-6,19H,1H3,(H,18,21,22). The zero-order valence-corrected chi connectivity index (χ0v) is 12.3. The molecule has 108 valence electrons. The molecule has 0 fully saturated rings. The summed E-state index contributed by atoms with van der Waals surface area (Å²) in [6.07, 6.45) is 0. The summed E-state index contributed by atoms with van der Waals surface area (Å²) in [5.74, 6) is 0. The van der Waals surface area contributed by atoms with E-state index in [1.807, 2.05) is 31.2 Å². The third-order valence-corrected chi connectivity index (χ3v) is 3.56. The van der Waals surface area contributed by atoms with Crippen molar-refractivity contribution in [2.75, 3.05) is 0 Å². The molecule has 0 atom stereocenters. The van der Waals surface area contributed by atoms with Crippen molar-refractivity contribution in [1.29, 1.82) is 0 Å². The number of hydrogen-bond acceptors (Lipinski definition) is 5. The summed E-state index contributed by atoms with van der Waals surface area (Å²) in [5, 5.41) is 2.97. The average molecular weight is 310 g/mol. The molecule has 3 heterocycles. The van der Waals surface area contributed by atoms with Gasteiger partial charge in [-0.05, 0) is 31.3 Å². The molecule has 0 saturated heterocycles. The second-order valence-electron chi connectivity index (χ2n) is 4.86. The van der Waals surface area contributed by atoms with E-state index < -0.39 is 0 Å². The molecule has 0 aliphatic heterocycles. The highest BCUT2D eigenvalue weighted by molar-refractivity contribution is 7.71. The van der Waals surface area contributed by atoms with Crippen molar-refractivity contribution in [2.24, 2.45) is 0 Å². The molecule has 0 bridgehead atoms. The lowest BCUT2D eigenvalue weighted by Crippen LogP contribution is -2.18. The van der Waals surface area contributed by atoms with E-state index in [1.54, 1.807) is 6.07 Å². The van der Waals surface area contributed by atoms with Gasteiger partial charge in [-0.15, -0.1) is 0 Å². The van der Waals surface area contributed by atoms with Crippen molar-refractivity contribution >= 4 is 28.9 Å². The minimum atomic E-state index is -0.368. The van der Waals surface area contributed by atoms with Crippen LogP contribution >= 0.6 is 12.2 Å². The Labute approximate surface area is 128 Å². The molecule has 2 N–H and O–H groups in total. The normalized spacial score (nSPS) is 11.3. The lowest BCUT2D eigenvalue weighted by molar-refractivity contribution is 0.834. The molecule has 0 aliphatic rings. The topological polar surface area (TPSA) is 91.7 Å². The zero-order chi connectivity index (χ0) is 15.3. The summed E-state index contributed by atoms with van der Waals surface area (Å²) < 4.78 is 1.44. The Bertz CT molecular complexity index is 1140. The van der Waals surface area contributed by atoms with E-state index in [-0.39, 0.29) is 10.5 Å². The number of aromatic amines is 2. The second-order valence-corrected chi connectivity index (χ2v) is 5.24. The quantitative estimate of drug-likeness (QED) is 0.525. The van der Waals surface area contributed by atoms with E-state index in [2.05, 4.69) is 25.0 Å². The van der Waals surface area contributed by atoms with Crippen LogP contribution < -0.4 is 5.69 Å². The van der Waals surface area contributed by atoms with E-state index in [9.17, 15) is 4.79 Å². The predicted octanol–water partition coefficient (Wildman–Crippen LogP) is 2.00. The number of aryl methyl sites for hydroxylation is 1. The van der Waals surface area contributed by atoms with Crippen molar-refractivity contribution in [3.8, 4) is 11.4 Å². The SMILES string of the molecule is Cc1nc2ccccc2nc1-c1cc2nc(=S)[nH]c(=O)n2[nH]1. The molecule has 0 aliphatic carbocycles. The smallest absolute Gasteiger partial charge is 0.286 e. The number of aromatic nitrogens is 6. The molecule has 22 heavy (non-hydrogen) atoms. The van der Waals surface area contributed by atoms with Gasteiger partial charge in [0.2, 0.25) is 4.77 Å². The predicted molar refractivity (Wildman–Crippen MR) is 84.3 cm³/mol. The van der Waals surface area contributed by atoms with Crippen LogP contribution in [0.15, 0.2) is 35.1 Å². The maximum atomic E-state index is 11.9.